The minimum atomic E-state index is -1.25. The van der Waals surface area contributed by atoms with Crippen molar-refractivity contribution in [1.82, 2.24) is 14.8 Å². The molecule has 11 nitrogen and oxygen atoms in total. The van der Waals surface area contributed by atoms with Gasteiger partial charge in [0.15, 0.2) is 0 Å². The molecular formula is C16H21N3O8S2. The molecule has 29 heavy (non-hydrogen) atoms. The van der Waals surface area contributed by atoms with E-state index in [1.54, 1.807) is 24.4 Å². The van der Waals surface area contributed by atoms with Crippen LogP contribution in [0.4, 0.5) is 0 Å². The molecule has 0 saturated carbocycles. The smallest absolute Gasteiger partial charge is 0.321 e. The number of hydrogen-bond acceptors (Lipinski definition) is 9. The predicted molar refractivity (Wildman–Crippen MR) is 105 cm³/mol. The zero-order valence-electron chi connectivity index (χ0n) is 15.2. The Hall–Kier alpha value is -2.35. The molecule has 0 aliphatic heterocycles. The monoisotopic (exact) mass is 447 g/mol. The Kier molecular flexibility index (Phi) is 11.1. The summed E-state index contributed by atoms with van der Waals surface area (Å²) in [5, 5.41) is 37.1. The molecule has 0 aromatic carbocycles. The molecule has 0 saturated heterocycles. The van der Waals surface area contributed by atoms with Crippen LogP contribution in [0.1, 0.15) is 0 Å². The lowest BCUT2D eigenvalue weighted by Gasteiger charge is -2.29. The van der Waals surface area contributed by atoms with E-state index in [9.17, 15) is 24.3 Å². The molecule has 0 bridgehead atoms. The number of aromatic nitrogens is 1. The normalized spacial score (nSPS) is 12.1. The molecule has 0 aliphatic rings. The van der Waals surface area contributed by atoms with Crippen molar-refractivity contribution in [2.24, 2.45) is 0 Å². The van der Waals surface area contributed by atoms with E-state index in [-0.39, 0.29) is 18.8 Å². The van der Waals surface area contributed by atoms with Crippen LogP contribution in [-0.2, 0) is 19.2 Å². The van der Waals surface area contributed by atoms with Gasteiger partial charge in [0, 0.05) is 25.0 Å². The van der Waals surface area contributed by atoms with Gasteiger partial charge in [0.2, 0.25) is 0 Å². The summed E-state index contributed by atoms with van der Waals surface area (Å²) in [7, 11) is 2.44. The first kappa shape index (κ1) is 24.7. The van der Waals surface area contributed by atoms with E-state index in [1.807, 2.05) is 0 Å². The van der Waals surface area contributed by atoms with Gasteiger partial charge in [-0.3, -0.25) is 29.0 Å². The quantitative estimate of drug-likeness (QED) is 0.268. The van der Waals surface area contributed by atoms with E-state index in [2.05, 4.69) is 4.98 Å². The van der Waals surface area contributed by atoms with Gasteiger partial charge in [-0.05, 0) is 22.9 Å². The van der Waals surface area contributed by atoms with Crippen molar-refractivity contribution < 1.29 is 39.6 Å². The highest BCUT2D eigenvalue weighted by atomic mass is 33.1. The van der Waals surface area contributed by atoms with E-state index in [0.29, 0.717) is 5.03 Å². The highest BCUT2D eigenvalue weighted by Crippen LogP contribution is 2.30. The van der Waals surface area contributed by atoms with E-state index in [1.165, 1.54) is 26.5 Å². The van der Waals surface area contributed by atoms with Crippen LogP contribution in [0.15, 0.2) is 29.4 Å². The van der Waals surface area contributed by atoms with Gasteiger partial charge in [0.1, 0.15) is 11.1 Å². The number of carbonyl (C=O) groups is 4. The Balaban J connectivity index is 2.78. The minimum Gasteiger partial charge on any atom is -0.480 e. The number of rotatable bonds is 15. The van der Waals surface area contributed by atoms with Crippen molar-refractivity contribution in [3.05, 3.63) is 24.4 Å². The third-order valence-corrected chi connectivity index (χ3v) is 5.75. The molecule has 13 heteroatoms. The fourth-order valence-corrected chi connectivity index (χ4v) is 4.43. The summed E-state index contributed by atoms with van der Waals surface area (Å²) in [6, 6.07) is 4.10. The molecule has 0 amide bonds. The number of aliphatic carboxylic acids is 4. The average Bonchev–Trinajstić information content (AvgIpc) is 2.61. The molecule has 0 spiro atoms. The molecule has 0 fully saturated rings. The maximum absolute atomic E-state index is 11.7. The third-order valence-electron chi connectivity index (χ3n) is 3.49. The lowest BCUT2D eigenvalue weighted by Crippen LogP contribution is -2.49. The molecule has 1 atom stereocenters. The first-order valence-electron chi connectivity index (χ1n) is 8.24. The van der Waals surface area contributed by atoms with E-state index in [0.717, 1.165) is 4.90 Å². The molecule has 1 heterocycles. The Labute approximate surface area is 174 Å². The molecule has 0 unspecified atom stereocenters. The van der Waals surface area contributed by atoms with E-state index < -0.39 is 49.6 Å². The first-order valence-corrected chi connectivity index (χ1v) is 10.6. The molecule has 0 aliphatic carbocycles. The zero-order chi connectivity index (χ0) is 21.8. The van der Waals surface area contributed by atoms with Gasteiger partial charge in [-0.1, -0.05) is 16.9 Å². The minimum absolute atomic E-state index is 0.0434. The van der Waals surface area contributed by atoms with Crippen LogP contribution in [0.25, 0.3) is 0 Å². The van der Waals surface area contributed by atoms with Crippen molar-refractivity contribution >= 4 is 45.5 Å². The van der Waals surface area contributed by atoms with Gasteiger partial charge < -0.3 is 20.4 Å². The summed E-state index contributed by atoms with van der Waals surface area (Å²) in [5.74, 6) is -4.92. The maximum atomic E-state index is 11.7. The van der Waals surface area contributed by atoms with Crippen LogP contribution in [0.3, 0.4) is 0 Å². The summed E-state index contributed by atoms with van der Waals surface area (Å²) in [6.07, 6.45) is 1.59. The van der Waals surface area contributed by atoms with Crippen LogP contribution >= 0.6 is 21.6 Å². The SMILES string of the molecule is O=C(O)CN(CCN(CC(=O)O)[C@@H](CSSc1ccccn1)C(=O)O)CC(=O)O. The van der Waals surface area contributed by atoms with Gasteiger partial charge >= 0.3 is 23.9 Å². The van der Waals surface area contributed by atoms with Crippen LogP contribution in [0.5, 0.6) is 0 Å². The average molecular weight is 447 g/mol. The van der Waals surface area contributed by atoms with Gasteiger partial charge in [-0.2, -0.15) is 0 Å². The molecule has 4 N–H and O–H groups in total. The Morgan fingerprint density at radius 1 is 0.931 bits per heavy atom. The van der Waals surface area contributed by atoms with Crippen molar-refractivity contribution in [1.29, 1.82) is 0 Å². The van der Waals surface area contributed by atoms with Gasteiger partial charge in [0.05, 0.1) is 19.6 Å². The molecule has 1 aromatic heterocycles. The second-order valence-electron chi connectivity index (χ2n) is 5.75. The van der Waals surface area contributed by atoms with Gasteiger partial charge in [0.25, 0.3) is 0 Å². The summed E-state index contributed by atoms with van der Waals surface area (Å²) < 4.78 is 0. The number of carboxylic acid groups (broad SMARTS) is 4. The number of carboxylic acids is 4. The maximum Gasteiger partial charge on any atom is 0.321 e. The van der Waals surface area contributed by atoms with Crippen molar-refractivity contribution in [3.63, 3.8) is 0 Å². The Bertz CT molecular complexity index is 691. The van der Waals surface area contributed by atoms with Crippen LogP contribution < -0.4 is 0 Å². The Morgan fingerprint density at radius 2 is 1.55 bits per heavy atom. The predicted octanol–water partition coefficient (Wildman–Crippen LogP) is 0.133. The van der Waals surface area contributed by atoms with E-state index in [4.69, 9.17) is 15.3 Å². The topological polar surface area (TPSA) is 169 Å². The summed E-state index contributed by atoms with van der Waals surface area (Å²) in [6.45, 7) is -1.95. The zero-order valence-corrected chi connectivity index (χ0v) is 16.8. The molecule has 1 rings (SSSR count). The number of nitrogens with zero attached hydrogens (tertiary/aromatic N) is 3. The first-order chi connectivity index (χ1) is 13.7. The second-order valence-corrected chi connectivity index (χ2v) is 8.11. The van der Waals surface area contributed by atoms with Crippen molar-refractivity contribution in [3.8, 4) is 0 Å². The van der Waals surface area contributed by atoms with Crippen molar-refractivity contribution in [2.45, 2.75) is 11.1 Å². The highest BCUT2D eigenvalue weighted by Gasteiger charge is 2.28. The lowest BCUT2D eigenvalue weighted by molar-refractivity contribution is -0.147. The largest absolute Gasteiger partial charge is 0.480 e. The number of hydrogen-bond donors (Lipinski definition) is 4. The number of pyridine rings is 1. The molecule has 0 radical (unpaired) electrons. The van der Waals surface area contributed by atoms with Crippen LogP contribution in [-0.4, -0.2) is 104 Å². The van der Waals surface area contributed by atoms with Gasteiger partial charge in [-0.25, -0.2) is 4.98 Å². The fourth-order valence-electron chi connectivity index (χ4n) is 2.27. The van der Waals surface area contributed by atoms with Crippen molar-refractivity contribution in [2.75, 3.05) is 38.5 Å². The van der Waals surface area contributed by atoms with Crippen LogP contribution in [0.2, 0.25) is 0 Å². The molecule has 1 aromatic rings. The van der Waals surface area contributed by atoms with E-state index >= 15 is 0 Å². The fraction of sp³-hybridized carbons (Fsp3) is 0.438. The summed E-state index contributed by atoms with van der Waals surface area (Å²) >= 11 is 0. The third kappa shape index (κ3) is 10.7. The standard InChI is InChI=1S/C16H21N3O8S2/c20-13(21)7-18(8-14(22)23)5-6-19(9-15(24)25)11(16(26)27)10-28-29-12-3-1-2-4-17-12/h1-4,11H,5-10H2,(H,20,21)(H,22,23)(H,24,25)(H,26,27)/t11-/m0/s1. The summed E-state index contributed by atoms with van der Waals surface area (Å²) in [4.78, 5) is 51.0. The Morgan fingerprint density at radius 3 is 2.03 bits per heavy atom. The van der Waals surface area contributed by atoms with Crippen LogP contribution in [0, 0.1) is 0 Å². The highest BCUT2D eigenvalue weighted by molar-refractivity contribution is 8.76. The summed E-state index contributed by atoms with van der Waals surface area (Å²) in [5.41, 5.74) is 0. The van der Waals surface area contributed by atoms with Gasteiger partial charge in [-0.15, -0.1) is 0 Å². The second kappa shape index (κ2) is 13.0. The molecule has 160 valence electrons. The molecular weight excluding hydrogens is 426 g/mol. The lowest BCUT2D eigenvalue weighted by atomic mass is 10.2.